The number of halogens is 3. The number of aliphatic imine (C=N–C) groups is 1. The maximum absolute atomic E-state index is 13.4. The first-order valence-electron chi connectivity index (χ1n) is 8.94. The van der Waals surface area contributed by atoms with Gasteiger partial charge in [-0.05, 0) is 66.4 Å². The molecule has 0 amide bonds. The third-order valence-electron chi connectivity index (χ3n) is 4.69. The summed E-state index contributed by atoms with van der Waals surface area (Å²) in [5, 5.41) is 1.03. The van der Waals surface area contributed by atoms with Gasteiger partial charge in [0.15, 0.2) is 5.17 Å². The fourth-order valence-electron chi connectivity index (χ4n) is 3.32. The highest BCUT2D eigenvalue weighted by atomic mass is 79.9. The molecule has 2 aliphatic heterocycles. The number of thioether (sulfide) groups is 1. The lowest BCUT2D eigenvalue weighted by Crippen LogP contribution is -2.28. The normalized spacial score (nSPS) is 18.9. The molecule has 27 heavy (non-hydrogen) atoms. The number of hydrogen-bond donors (Lipinski definition) is 0. The van der Waals surface area contributed by atoms with Crippen molar-refractivity contribution in [3.8, 4) is 0 Å². The van der Waals surface area contributed by atoms with Gasteiger partial charge in [0.1, 0.15) is 11.6 Å². The summed E-state index contributed by atoms with van der Waals surface area (Å²) in [7, 11) is 0. The van der Waals surface area contributed by atoms with E-state index in [9.17, 15) is 8.78 Å². The van der Waals surface area contributed by atoms with Crippen molar-refractivity contribution in [1.29, 1.82) is 0 Å². The fraction of sp³-hybridized carbons (Fsp3) is 0.286. The van der Waals surface area contributed by atoms with Gasteiger partial charge >= 0.3 is 0 Å². The van der Waals surface area contributed by atoms with E-state index in [1.54, 1.807) is 11.8 Å². The van der Waals surface area contributed by atoms with Crippen molar-refractivity contribution >= 4 is 38.8 Å². The number of fused-ring (bicyclic) bond motifs is 1. The molecule has 2 aromatic rings. The molecule has 2 aromatic carbocycles. The average molecular weight is 451 g/mol. The molecule has 2 aliphatic rings. The van der Waals surface area contributed by atoms with Crippen LogP contribution >= 0.6 is 28.7 Å². The Morgan fingerprint density at radius 1 is 0.889 bits per heavy atom. The molecular weight excluding hydrogens is 430 g/mol. The molecule has 0 radical (unpaired) electrons. The van der Waals surface area contributed by atoms with Crippen LogP contribution in [0.3, 0.4) is 0 Å². The molecule has 0 N–H and O–H groups in total. The summed E-state index contributed by atoms with van der Waals surface area (Å²) in [5.74, 6) is -0.461. The summed E-state index contributed by atoms with van der Waals surface area (Å²) in [6.45, 7) is 1.78. The first-order chi connectivity index (χ1) is 12.7. The van der Waals surface area contributed by atoms with Crippen LogP contribution in [-0.4, -0.2) is 23.2 Å². The SMILES string of the molecule is Br.Fc1ccc(CC2=C(c3ccc(F)cc3)S/C3=N/CCCCCN23)cc1. The molecule has 0 aliphatic carbocycles. The van der Waals surface area contributed by atoms with Crippen LogP contribution in [-0.2, 0) is 6.42 Å². The van der Waals surface area contributed by atoms with E-state index in [-0.39, 0.29) is 28.6 Å². The summed E-state index contributed by atoms with van der Waals surface area (Å²) < 4.78 is 26.6. The Morgan fingerprint density at radius 3 is 2.26 bits per heavy atom. The highest BCUT2D eigenvalue weighted by molar-refractivity contribution is 8.93. The molecule has 0 unspecified atom stereocenters. The van der Waals surface area contributed by atoms with Gasteiger partial charge in [-0.3, -0.25) is 4.99 Å². The molecule has 4 rings (SSSR count). The van der Waals surface area contributed by atoms with Crippen LogP contribution in [0.25, 0.3) is 4.91 Å². The van der Waals surface area contributed by atoms with Crippen LogP contribution in [0.15, 0.2) is 59.2 Å². The van der Waals surface area contributed by atoms with E-state index >= 15 is 0 Å². The molecule has 0 saturated carbocycles. The van der Waals surface area contributed by atoms with Crippen molar-refractivity contribution < 1.29 is 8.78 Å². The van der Waals surface area contributed by atoms with Gasteiger partial charge in [-0.1, -0.05) is 24.3 Å². The van der Waals surface area contributed by atoms with E-state index in [0.717, 1.165) is 47.1 Å². The van der Waals surface area contributed by atoms with Crippen molar-refractivity contribution in [2.75, 3.05) is 13.1 Å². The molecule has 0 atom stereocenters. The van der Waals surface area contributed by atoms with E-state index in [1.807, 2.05) is 24.3 Å². The topological polar surface area (TPSA) is 15.6 Å². The van der Waals surface area contributed by atoms with Crippen molar-refractivity contribution in [3.05, 3.63) is 77.0 Å². The Hall–Kier alpha value is -1.66. The third-order valence-corrected chi connectivity index (χ3v) is 5.90. The summed E-state index contributed by atoms with van der Waals surface area (Å²) in [5.41, 5.74) is 3.24. The van der Waals surface area contributed by atoms with Gasteiger partial charge in [-0.15, -0.1) is 17.0 Å². The molecule has 142 valence electrons. The Labute approximate surface area is 173 Å². The average Bonchev–Trinajstić information content (AvgIpc) is 2.94. The van der Waals surface area contributed by atoms with Crippen molar-refractivity contribution in [2.45, 2.75) is 25.7 Å². The number of benzene rings is 2. The Bertz CT molecular complexity index is 847. The maximum atomic E-state index is 13.4. The molecule has 2 heterocycles. The number of rotatable bonds is 3. The van der Waals surface area contributed by atoms with Crippen molar-refractivity contribution in [1.82, 2.24) is 4.90 Å². The van der Waals surface area contributed by atoms with Crippen LogP contribution < -0.4 is 0 Å². The number of amidine groups is 1. The predicted octanol–water partition coefficient (Wildman–Crippen LogP) is 6.04. The Morgan fingerprint density at radius 2 is 1.56 bits per heavy atom. The zero-order chi connectivity index (χ0) is 17.9. The summed E-state index contributed by atoms with van der Waals surface area (Å²) in [4.78, 5) is 8.19. The van der Waals surface area contributed by atoms with E-state index in [4.69, 9.17) is 4.99 Å². The fourth-order valence-corrected chi connectivity index (χ4v) is 4.53. The molecule has 2 nitrogen and oxygen atoms in total. The second-order valence-electron chi connectivity index (χ2n) is 6.56. The van der Waals surface area contributed by atoms with E-state index < -0.39 is 0 Å². The largest absolute Gasteiger partial charge is 0.323 e. The number of allylic oxidation sites excluding steroid dienone is 1. The zero-order valence-electron chi connectivity index (χ0n) is 14.8. The first-order valence-corrected chi connectivity index (χ1v) is 9.76. The second kappa shape index (κ2) is 9.02. The van der Waals surface area contributed by atoms with Crippen LogP contribution in [0.1, 0.15) is 30.4 Å². The Balaban J connectivity index is 0.00000210. The summed E-state index contributed by atoms with van der Waals surface area (Å²) in [6, 6.07) is 13.3. The molecule has 6 heteroatoms. The lowest BCUT2D eigenvalue weighted by atomic mass is 10.1. The van der Waals surface area contributed by atoms with Gasteiger partial charge in [0.2, 0.25) is 0 Å². The second-order valence-corrected chi connectivity index (χ2v) is 7.54. The van der Waals surface area contributed by atoms with Gasteiger partial charge in [-0.25, -0.2) is 8.78 Å². The Kier molecular flexibility index (Phi) is 6.71. The van der Waals surface area contributed by atoms with Crippen molar-refractivity contribution in [2.24, 2.45) is 4.99 Å². The van der Waals surface area contributed by atoms with Crippen LogP contribution in [0, 0.1) is 11.6 Å². The maximum Gasteiger partial charge on any atom is 0.168 e. The minimum absolute atomic E-state index is 0. The lowest BCUT2D eigenvalue weighted by Gasteiger charge is -2.24. The lowest BCUT2D eigenvalue weighted by molar-refractivity contribution is 0.470. The molecular formula is C21H21BrF2N2S. The van der Waals surface area contributed by atoms with Gasteiger partial charge in [0, 0.05) is 30.1 Å². The number of hydrogen-bond acceptors (Lipinski definition) is 3. The minimum Gasteiger partial charge on any atom is -0.323 e. The molecule has 0 aromatic heterocycles. The van der Waals surface area contributed by atoms with Gasteiger partial charge < -0.3 is 4.90 Å². The zero-order valence-corrected chi connectivity index (χ0v) is 17.4. The highest BCUT2D eigenvalue weighted by Gasteiger charge is 2.30. The third kappa shape index (κ3) is 4.61. The van der Waals surface area contributed by atoms with Crippen LogP contribution in [0.5, 0.6) is 0 Å². The summed E-state index contributed by atoms with van der Waals surface area (Å²) in [6.07, 6.45) is 4.13. The monoisotopic (exact) mass is 450 g/mol. The van der Waals surface area contributed by atoms with E-state index in [1.165, 1.54) is 36.4 Å². The predicted molar refractivity (Wildman–Crippen MR) is 114 cm³/mol. The molecule has 0 fully saturated rings. The standard InChI is InChI=1S/C21H20F2N2S.BrH/c22-17-8-4-15(5-9-17)14-19-20(16-6-10-18(23)11-7-16)26-21-24-12-2-1-3-13-25(19)21;/h4-11H,1-3,12-14H2;1H/b24-21+;. The van der Waals surface area contributed by atoms with Crippen molar-refractivity contribution in [3.63, 3.8) is 0 Å². The first kappa shape index (κ1) is 20.1. The van der Waals surface area contributed by atoms with Crippen LogP contribution in [0.2, 0.25) is 0 Å². The van der Waals surface area contributed by atoms with E-state index in [2.05, 4.69) is 4.90 Å². The van der Waals surface area contributed by atoms with E-state index in [0.29, 0.717) is 6.42 Å². The quantitative estimate of drug-likeness (QED) is 0.565. The van der Waals surface area contributed by atoms with Gasteiger partial charge in [0.05, 0.1) is 0 Å². The minimum atomic E-state index is -0.235. The smallest absolute Gasteiger partial charge is 0.168 e. The van der Waals surface area contributed by atoms with Gasteiger partial charge in [0.25, 0.3) is 0 Å². The summed E-state index contributed by atoms with van der Waals surface area (Å²) >= 11 is 1.67. The van der Waals surface area contributed by atoms with Crippen LogP contribution in [0.4, 0.5) is 8.78 Å². The highest BCUT2D eigenvalue weighted by Crippen LogP contribution is 2.43. The molecule has 0 saturated heterocycles. The molecule has 0 spiro atoms. The number of nitrogens with zero attached hydrogens (tertiary/aromatic N) is 2. The molecule has 0 bridgehead atoms. The van der Waals surface area contributed by atoms with Gasteiger partial charge in [-0.2, -0.15) is 0 Å².